The highest BCUT2D eigenvalue weighted by atomic mass is 32.2. The Hall–Kier alpha value is -5.37. The maximum absolute atomic E-state index is 13.7. The van der Waals surface area contributed by atoms with Crippen molar-refractivity contribution in [3.8, 4) is 17.1 Å². The molecule has 0 saturated carbocycles. The molecule has 1 spiro atoms. The average molecular weight is 639 g/mol. The fourth-order valence-electron chi connectivity index (χ4n) is 6.06. The van der Waals surface area contributed by atoms with Gasteiger partial charge < -0.3 is 15.0 Å². The molecule has 7 rings (SSSR count). The lowest BCUT2D eigenvalue weighted by Crippen LogP contribution is -2.59. The minimum Gasteiger partial charge on any atom is -0.451 e. The van der Waals surface area contributed by atoms with Crippen LogP contribution in [0.1, 0.15) is 50.4 Å². The first kappa shape index (κ1) is 29.3. The molecule has 0 atom stereocenters. The molecule has 0 aliphatic carbocycles. The lowest BCUT2D eigenvalue weighted by molar-refractivity contribution is -0.0199. The molecule has 3 aromatic heterocycles. The molecule has 0 unspecified atom stereocenters. The fourth-order valence-corrected chi connectivity index (χ4v) is 7.05. The predicted octanol–water partition coefficient (Wildman–Crippen LogP) is 3.67. The number of nitrogens with zero attached hydrogens (tertiary/aromatic N) is 6. The maximum atomic E-state index is 13.7. The van der Waals surface area contributed by atoms with Crippen molar-refractivity contribution in [2.24, 2.45) is 0 Å². The van der Waals surface area contributed by atoms with Crippen LogP contribution in [0.2, 0.25) is 0 Å². The van der Waals surface area contributed by atoms with Crippen LogP contribution in [0.3, 0.4) is 0 Å². The second-order valence-corrected chi connectivity index (χ2v) is 13.2. The van der Waals surface area contributed by atoms with Crippen molar-refractivity contribution in [2.45, 2.75) is 44.2 Å². The number of benzene rings is 2. The minimum absolute atomic E-state index is 0.0670. The predicted molar refractivity (Wildman–Crippen MR) is 168 cm³/mol. The van der Waals surface area contributed by atoms with Gasteiger partial charge in [0.1, 0.15) is 5.56 Å². The van der Waals surface area contributed by atoms with E-state index in [9.17, 15) is 18.0 Å². The molecule has 2 aromatic carbocycles. The highest BCUT2D eigenvalue weighted by molar-refractivity contribution is 7.92. The van der Waals surface area contributed by atoms with Crippen molar-refractivity contribution in [1.29, 1.82) is 0 Å². The van der Waals surface area contributed by atoms with E-state index in [1.54, 1.807) is 40.9 Å². The Labute approximate surface area is 264 Å². The number of aryl methyl sites for hydroxylation is 3. The van der Waals surface area contributed by atoms with Crippen LogP contribution in [0.4, 0.5) is 5.95 Å². The molecule has 234 valence electrons. The summed E-state index contributed by atoms with van der Waals surface area (Å²) in [5.41, 5.74) is 3.43. The molecule has 4 bridgehead atoms. The van der Waals surface area contributed by atoms with E-state index in [4.69, 9.17) is 4.74 Å². The number of likely N-dealkylation sites (tertiary alicyclic amines) is 1. The van der Waals surface area contributed by atoms with Crippen LogP contribution >= 0.6 is 0 Å². The Morgan fingerprint density at radius 1 is 0.978 bits per heavy atom. The summed E-state index contributed by atoms with van der Waals surface area (Å²) >= 11 is 0. The van der Waals surface area contributed by atoms with E-state index < -0.39 is 21.7 Å². The van der Waals surface area contributed by atoms with Crippen LogP contribution in [0.15, 0.2) is 71.9 Å². The summed E-state index contributed by atoms with van der Waals surface area (Å²) in [5, 5.41) is 7.43. The molecule has 13 nitrogen and oxygen atoms in total. The van der Waals surface area contributed by atoms with Gasteiger partial charge in [-0.15, -0.1) is 0 Å². The van der Waals surface area contributed by atoms with Gasteiger partial charge in [0.15, 0.2) is 11.4 Å². The number of aromatic nitrogens is 5. The molecule has 1 fully saturated rings. The van der Waals surface area contributed by atoms with E-state index in [0.29, 0.717) is 22.6 Å². The number of rotatable bonds is 2. The van der Waals surface area contributed by atoms with Gasteiger partial charge in [0.25, 0.3) is 21.8 Å². The molecular formula is C32H30N8O5S. The van der Waals surface area contributed by atoms with Crippen LogP contribution < -0.4 is 14.8 Å². The van der Waals surface area contributed by atoms with Crippen LogP contribution in [0, 0.1) is 20.8 Å². The van der Waals surface area contributed by atoms with E-state index in [2.05, 4.69) is 30.1 Å². The van der Waals surface area contributed by atoms with E-state index >= 15 is 0 Å². The molecule has 0 radical (unpaired) electrons. The summed E-state index contributed by atoms with van der Waals surface area (Å²) in [6, 6.07) is 14.9. The second kappa shape index (κ2) is 10.9. The molecule has 2 aliphatic heterocycles. The van der Waals surface area contributed by atoms with Gasteiger partial charge in [0.2, 0.25) is 11.8 Å². The monoisotopic (exact) mass is 638 g/mol. The van der Waals surface area contributed by atoms with Crippen molar-refractivity contribution >= 4 is 33.4 Å². The number of carbonyl (C=O) groups is 2. The second-order valence-electron chi connectivity index (χ2n) is 11.5. The third-order valence-electron chi connectivity index (χ3n) is 8.36. The lowest BCUT2D eigenvalue weighted by atomic mass is 9.98. The largest absolute Gasteiger partial charge is 0.451 e. The number of piperidine rings is 1. The van der Waals surface area contributed by atoms with E-state index in [-0.39, 0.29) is 54.1 Å². The number of hydrogen-bond acceptors (Lipinski definition) is 9. The van der Waals surface area contributed by atoms with Gasteiger partial charge in [-0.2, -0.15) is 10.1 Å². The molecule has 2 N–H and O–H groups in total. The van der Waals surface area contributed by atoms with Crippen molar-refractivity contribution < 1.29 is 22.7 Å². The SMILES string of the molecule is Cc1cccc(C)c1-c1cc2nc(n1)NS(=O)(=O)c1cccc(c1)C(=O)NC1(CCN(C(=O)c3c(C)nn4cccnc34)CC1)O2. The number of ether oxygens (including phenoxy) is 1. The van der Waals surface area contributed by atoms with Gasteiger partial charge in [-0.25, -0.2) is 27.6 Å². The summed E-state index contributed by atoms with van der Waals surface area (Å²) in [6.45, 7) is 6.14. The van der Waals surface area contributed by atoms with Gasteiger partial charge >= 0.3 is 0 Å². The fraction of sp³-hybridized carbons (Fsp3) is 0.250. The quantitative estimate of drug-likeness (QED) is 0.294. The van der Waals surface area contributed by atoms with Crippen molar-refractivity contribution in [2.75, 3.05) is 17.8 Å². The van der Waals surface area contributed by atoms with E-state index in [0.717, 1.165) is 16.7 Å². The third kappa shape index (κ3) is 5.19. The summed E-state index contributed by atoms with van der Waals surface area (Å²) in [7, 11) is -4.15. The number of amides is 2. The topological polar surface area (TPSA) is 161 Å². The Kier molecular flexibility index (Phi) is 6.96. The molecule has 5 aromatic rings. The zero-order valence-electron chi connectivity index (χ0n) is 25.3. The van der Waals surface area contributed by atoms with Gasteiger partial charge in [-0.3, -0.25) is 9.59 Å². The Morgan fingerprint density at radius 3 is 2.48 bits per heavy atom. The van der Waals surface area contributed by atoms with Gasteiger partial charge in [-0.05, 0) is 56.2 Å². The molecule has 46 heavy (non-hydrogen) atoms. The van der Waals surface area contributed by atoms with Crippen LogP contribution in [-0.4, -0.2) is 68.5 Å². The lowest BCUT2D eigenvalue weighted by Gasteiger charge is -2.41. The Balaban J connectivity index is 1.28. The van der Waals surface area contributed by atoms with Crippen molar-refractivity contribution in [3.63, 3.8) is 0 Å². The Morgan fingerprint density at radius 2 is 1.72 bits per heavy atom. The number of nitrogens with one attached hydrogen (secondary N) is 2. The molecule has 2 amide bonds. The van der Waals surface area contributed by atoms with Gasteiger partial charge in [-0.1, -0.05) is 24.3 Å². The number of anilines is 1. The minimum atomic E-state index is -4.15. The molecule has 1 saturated heterocycles. The summed E-state index contributed by atoms with van der Waals surface area (Å²) in [4.78, 5) is 42.3. The summed E-state index contributed by atoms with van der Waals surface area (Å²) < 4.78 is 37.3. The Bertz CT molecular complexity index is 2140. The summed E-state index contributed by atoms with van der Waals surface area (Å²) in [5.74, 6) is -0.850. The van der Waals surface area contributed by atoms with Crippen LogP contribution in [0.25, 0.3) is 16.9 Å². The first-order valence-electron chi connectivity index (χ1n) is 14.7. The van der Waals surface area contributed by atoms with Gasteiger partial charge in [0.05, 0.1) is 16.3 Å². The van der Waals surface area contributed by atoms with Crippen molar-refractivity contribution in [3.05, 3.63) is 94.9 Å². The zero-order chi connectivity index (χ0) is 32.2. The third-order valence-corrected chi connectivity index (χ3v) is 9.68. The molecule has 5 heterocycles. The number of hydrogen-bond donors (Lipinski definition) is 2. The summed E-state index contributed by atoms with van der Waals surface area (Å²) in [6.07, 6.45) is 3.80. The zero-order valence-corrected chi connectivity index (χ0v) is 26.1. The molecule has 2 aliphatic rings. The molecular weight excluding hydrogens is 608 g/mol. The van der Waals surface area contributed by atoms with E-state index in [1.807, 2.05) is 32.0 Å². The molecule has 14 heteroatoms. The number of sulfonamides is 1. The smallest absolute Gasteiger partial charge is 0.264 e. The van der Waals surface area contributed by atoms with E-state index in [1.165, 1.54) is 24.3 Å². The maximum Gasteiger partial charge on any atom is 0.264 e. The number of fused-ring (bicyclic) bond motifs is 5. The van der Waals surface area contributed by atoms with Gasteiger partial charge in [0, 0.05) is 55.5 Å². The first-order chi connectivity index (χ1) is 22.0. The van der Waals surface area contributed by atoms with Crippen LogP contribution in [0.5, 0.6) is 5.88 Å². The average Bonchev–Trinajstić information content (AvgIpc) is 3.36. The highest BCUT2D eigenvalue weighted by Crippen LogP contribution is 2.33. The van der Waals surface area contributed by atoms with Crippen molar-refractivity contribution in [1.82, 2.24) is 34.8 Å². The van der Waals surface area contributed by atoms with Crippen LogP contribution in [-0.2, 0) is 10.0 Å². The highest BCUT2D eigenvalue weighted by Gasteiger charge is 2.41. The number of carbonyl (C=O) groups excluding carboxylic acids is 2. The normalized spacial score (nSPS) is 16.9. The standard InChI is InChI=1S/C32H30N8O5S/c1-19-7-4-8-20(2)26(19)24-18-25-35-31(34-24)38-46(43,44)23-10-5-9-22(17-23)29(41)36-32(45-25)11-15-39(16-12-32)30(42)27-21(3)37-40-14-6-13-33-28(27)40/h4-10,13-14,17-18H,11-12,15-16H2,1-3H3,(H,36,41)(H,34,35,38). The first-order valence-corrected chi connectivity index (χ1v) is 16.2.